The van der Waals surface area contributed by atoms with E-state index in [0.717, 1.165) is 43.8 Å². The number of rotatable bonds is 5. The summed E-state index contributed by atoms with van der Waals surface area (Å²) in [7, 11) is -1.88. The van der Waals surface area contributed by atoms with Gasteiger partial charge >= 0.3 is 0 Å². The molecular weight excluding hydrogens is 426 g/mol. The van der Waals surface area contributed by atoms with Crippen LogP contribution in [0.3, 0.4) is 0 Å². The van der Waals surface area contributed by atoms with Crippen molar-refractivity contribution in [1.29, 1.82) is 0 Å². The Labute approximate surface area is 190 Å². The minimum absolute atomic E-state index is 0.0101. The molecule has 2 aromatic carbocycles. The largest absolute Gasteiger partial charge is 0.497 e. The van der Waals surface area contributed by atoms with Gasteiger partial charge in [-0.15, -0.1) is 0 Å². The lowest BCUT2D eigenvalue weighted by Crippen LogP contribution is -2.48. The highest BCUT2D eigenvalue weighted by molar-refractivity contribution is 7.89. The minimum Gasteiger partial charge on any atom is -0.497 e. The minimum atomic E-state index is -3.53. The normalized spacial score (nSPS) is 20.2. The summed E-state index contributed by atoms with van der Waals surface area (Å²) < 4.78 is 32.9. The zero-order chi connectivity index (χ0) is 22.7. The van der Waals surface area contributed by atoms with E-state index in [-0.39, 0.29) is 16.8 Å². The maximum absolute atomic E-state index is 13.0. The standard InChI is InChI=1S/C24H31N3O4S/c1-19-6-3-4-13-27(19)32(29,30)23-11-9-20(10-12-23)24(28)26-16-14-25(15-17-26)21-7-5-8-22(18-21)31-2/h5,7-12,18-19H,3-4,6,13-17H2,1-2H3/t19-/m1/s1. The number of hydrogen-bond donors (Lipinski definition) is 0. The monoisotopic (exact) mass is 457 g/mol. The lowest BCUT2D eigenvalue weighted by molar-refractivity contribution is 0.0746. The molecule has 0 spiro atoms. The quantitative estimate of drug-likeness (QED) is 0.690. The topological polar surface area (TPSA) is 70.2 Å². The molecule has 172 valence electrons. The molecule has 0 unspecified atom stereocenters. The van der Waals surface area contributed by atoms with Gasteiger partial charge in [0.2, 0.25) is 10.0 Å². The SMILES string of the molecule is COc1cccc(N2CCN(C(=O)c3ccc(S(=O)(=O)N4CCCC[C@H]4C)cc3)CC2)c1. The molecule has 0 N–H and O–H groups in total. The fourth-order valence-corrected chi connectivity index (χ4v) is 6.19. The van der Waals surface area contributed by atoms with Crippen molar-refractivity contribution in [2.45, 2.75) is 37.1 Å². The summed E-state index contributed by atoms with van der Waals surface area (Å²) >= 11 is 0. The van der Waals surface area contributed by atoms with Crippen LogP contribution in [0.15, 0.2) is 53.4 Å². The molecule has 2 fully saturated rings. The van der Waals surface area contributed by atoms with Crippen molar-refractivity contribution in [2.24, 2.45) is 0 Å². The number of sulfonamides is 1. The highest BCUT2D eigenvalue weighted by atomic mass is 32.2. The summed E-state index contributed by atoms with van der Waals surface area (Å²) in [6.45, 7) is 5.21. The fourth-order valence-electron chi connectivity index (χ4n) is 4.49. The first-order valence-electron chi connectivity index (χ1n) is 11.2. The molecule has 0 radical (unpaired) electrons. The van der Waals surface area contributed by atoms with Crippen molar-refractivity contribution in [3.63, 3.8) is 0 Å². The Morgan fingerprint density at radius 2 is 1.69 bits per heavy atom. The van der Waals surface area contributed by atoms with Crippen LogP contribution in [-0.2, 0) is 10.0 Å². The third-order valence-corrected chi connectivity index (χ3v) is 8.46. The molecule has 2 saturated heterocycles. The third-order valence-electron chi connectivity index (χ3n) is 6.44. The average Bonchev–Trinajstić information content (AvgIpc) is 2.84. The molecule has 2 aliphatic rings. The van der Waals surface area contributed by atoms with Crippen LogP contribution in [0.2, 0.25) is 0 Å². The molecule has 2 heterocycles. The van der Waals surface area contributed by atoms with E-state index in [9.17, 15) is 13.2 Å². The number of anilines is 1. The molecule has 0 bridgehead atoms. The highest BCUT2D eigenvalue weighted by Gasteiger charge is 2.31. The molecule has 32 heavy (non-hydrogen) atoms. The van der Waals surface area contributed by atoms with Gasteiger partial charge in [-0.2, -0.15) is 4.31 Å². The van der Waals surface area contributed by atoms with Crippen molar-refractivity contribution < 1.29 is 17.9 Å². The van der Waals surface area contributed by atoms with Gasteiger partial charge in [0, 0.05) is 56.1 Å². The van der Waals surface area contributed by atoms with Crippen LogP contribution in [-0.4, -0.2) is 69.4 Å². The predicted molar refractivity (Wildman–Crippen MR) is 125 cm³/mol. The first-order valence-corrected chi connectivity index (χ1v) is 12.6. The van der Waals surface area contributed by atoms with E-state index in [0.29, 0.717) is 25.2 Å². The second kappa shape index (κ2) is 9.50. The number of carbonyl (C=O) groups excluding carboxylic acids is 1. The lowest BCUT2D eigenvalue weighted by Gasteiger charge is -2.36. The van der Waals surface area contributed by atoms with Gasteiger partial charge in [0.1, 0.15) is 5.75 Å². The van der Waals surface area contributed by atoms with Crippen molar-refractivity contribution in [1.82, 2.24) is 9.21 Å². The second-order valence-electron chi connectivity index (χ2n) is 8.47. The molecule has 2 aromatic rings. The van der Waals surface area contributed by atoms with Gasteiger partial charge in [0.05, 0.1) is 12.0 Å². The predicted octanol–water partition coefficient (Wildman–Crippen LogP) is 3.22. The summed E-state index contributed by atoms with van der Waals surface area (Å²) in [4.78, 5) is 17.3. The van der Waals surface area contributed by atoms with Gasteiger partial charge in [-0.1, -0.05) is 12.5 Å². The maximum atomic E-state index is 13.0. The van der Waals surface area contributed by atoms with E-state index in [1.807, 2.05) is 36.1 Å². The number of benzene rings is 2. The van der Waals surface area contributed by atoms with Crippen molar-refractivity contribution in [3.05, 3.63) is 54.1 Å². The first kappa shape index (κ1) is 22.6. The number of amides is 1. The number of methoxy groups -OCH3 is 1. The number of piperidine rings is 1. The van der Waals surface area contributed by atoms with Crippen molar-refractivity contribution >= 4 is 21.6 Å². The number of piperazine rings is 1. The van der Waals surface area contributed by atoms with Gasteiger partial charge in [-0.3, -0.25) is 4.79 Å². The zero-order valence-corrected chi connectivity index (χ0v) is 19.6. The van der Waals surface area contributed by atoms with Crippen LogP contribution >= 0.6 is 0 Å². The number of carbonyl (C=O) groups is 1. The second-order valence-corrected chi connectivity index (χ2v) is 10.4. The molecular formula is C24H31N3O4S. The molecule has 2 aliphatic heterocycles. The van der Waals surface area contributed by atoms with E-state index < -0.39 is 10.0 Å². The lowest BCUT2D eigenvalue weighted by atomic mass is 10.1. The first-order chi connectivity index (χ1) is 15.4. The van der Waals surface area contributed by atoms with E-state index in [1.165, 1.54) is 0 Å². The fraction of sp³-hybridized carbons (Fsp3) is 0.458. The van der Waals surface area contributed by atoms with Crippen LogP contribution in [0.5, 0.6) is 5.75 Å². The number of ether oxygens (including phenoxy) is 1. The van der Waals surface area contributed by atoms with Gasteiger partial charge < -0.3 is 14.5 Å². The molecule has 0 aromatic heterocycles. The van der Waals surface area contributed by atoms with Crippen LogP contribution in [0.4, 0.5) is 5.69 Å². The smallest absolute Gasteiger partial charge is 0.253 e. The van der Waals surface area contributed by atoms with Gasteiger partial charge in [-0.25, -0.2) is 8.42 Å². The third kappa shape index (κ3) is 4.61. The molecule has 1 amide bonds. The molecule has 1 atom stereocenters. The summed E-state index contributed by atoms with van der Waals surface area (Å²) in [6.07, 6.45) is 2.84. The summed E-state index contributed by atoms with van der Waals surface area (Å²) in [6, 6.07) is 14.3. The van der Waals surface area contributed by atoms with Crippen LogP contribution < -0.4 is 9.64 Å². The Kier molecular flexibility index (Phi) is 6.71. The summed E-state index contributed by atoms with van der Waals surface area (Å²) in [5, 5.41) is 0. The number of nitrogens with zero attached hydrogens (tertiary/aromatic N) is 3. The van der Waals surface area contributed by atoms with Crippen LogP contribution in [0.1, 0.15) is 36.5 Å². The average molecular weight is 458 g/mol. The Morgan fingerprint density at radius 1 is 0.969 bits per heavy atom. The van der Waals surface area contributed by atoms with Crippen LogP contribution in [0.25, 0.3) is 0 Å². The Balaban J connectivity index is 1.40. The van der Waals surface area contributed by atoms with E-state index in [4.69, 9.17) is 4.74 Å². The Hall–Kier alpha value is -2.58. The molecule has 7 nitrogen and oxygen atoms in total. The van der Waals surface area contributed by atoms with Gasteiger partial charge in [-0.05, 0) is 56.2 Å². The van der Waals surface area contributed by atoms with Crippen molar-refractivity contribution in [3.8, 4) is 5.75 Å². The molecule has 8 heteroatoms. The zero-order valence-electron chi connectivity index (χ0n) is 18.7. The van der Waals surface area contributed by atoms with E-state index >= 15 is 0 Å². The maximum Gasteiger partial charge on any atom is 0.253 e. The van der Waals surface area contributed by atoms with Gasteiger partial charge in [0.25, 0.3) is 5.91 Å². The Morgan fingerprint density at radius 3 is 2.34 bits per heavy atom. The molecule has 0 aliphatic carbocycles. The molecule has 4 rings (SSSR count). The Bertz CT molecular complexity index is 1050. The number of hydrogen-bond acceptors (Lipinski definition) is 5. The summed E-state index contributed by atoms with van der Waals surface area (Å²) in [5.74, 6) is 0.751. The molecule has 0 saturated carbocycles. The highest BCUT2D eigenvalue weighted by Crippen LogP contribution is 2.26. The van der Waals surface area contributed by atoms with Crippen molar-refractivity contribution in [2.75, 3.05) is 44.7 Å². The van der Waals surface area contributed by atoms with E-state index in [2.05, 4.69) is 4.90 Å². The van der Waals surface area contributed by atoms with E-state index in [1.54, 1.807) is 35.7 Å². The summed E-state index contributed by atoms with van der Waals surface area (Å²) in [5.41, 5.74) is 1.60. The van der Waals surface area contributed by atoms with Crippen LogP contribution in [0, 0.1) is 0 Å². The van der Waals surface area contributed by atoms with Gasteiger partial charge in [0.15, 0.2) is 0 Å².